The molecule has 5 nitrogen and oxygen atoms in total. The number of rotatable bonds is 5. The van der Waals surface area contributed by atoms with Crippen LogP contribution in [0.1, 0.15) is 20.3 Å². The highest BCUT2D eigenvalue weighted by atomic mass is 16.3. The standard InChI is InChI=1S/C11H19N3O2/c1-4-10(15)8-14-11(16)6-9(7-12-14)13(3)5-2/h6-7,10,15H,4-5,8H2,1-3H3. The third-order valence-corrected chi connectivity index (χ3v) is 2.63. The lowest BCUT2D eigenvalue weighted by Gasteiger charge is -2.16. The van der Waals surface area contributed by atoms with Crippen LogP contribution < -0.4 is 10.5 Å². The number of aromatic nitrogens is 2. The van der Waals surface area contributed by atoms with Gasteiger partial charge in [-0.2, -0.15) is 5.10 Å². The van der Waals surface area contributed by atoms with Crippen LogP contribution in [0, 0.1) is 0 Å². The minimum absolute atomic E-state index is 0.176. The summed E-state index contributed by atoms with van der Waals surface area (Å²) in [5, 5.41) is 13.5. The van der Waals surface area contributed by atoms with Gasteiger partial charge in [0, 0.05) is 19.7 Å². The van der Waals surface area contributed by atoms with Gasteiger partial charge in [-0.3, -0.25) is 4.79 Å². The average Bonchev–Trinajstić information content (AvgIpc) is 2.30. The minimum atomic E-state index is -0.514. The normalized spacial score (nSPS) is 12.5. The zero-order valence-electron chi connectivity index (χ0n) is 10.1. The minimum Gasteiger partial charge on any atom is -0.391 e. The van der Waals surface area contributed by atoms with Crippen LogP contribution in [-0.2, 0) is 6.54 Å². The first-order valence-electron chi connectivity index (χ1n) is 5.54. The van der Waals surface area contributed by atoms with Crippen molar-refractivity contribution in [3.63, 3.8) is 0 Å². The van der Waals surface area contributed by atoms with Crippen molar-refractivity contribution in [1.29, 1.82) is 0 Å². The maximum Gasteiger partial charge on any atom is 0.268 e. The lowest BCUT2D eigenvalue weighted by molar-refractivity contribution is 0.143. The largest absolute Gasteiger partial charge is 0.391 e. The fourth-order valence-corrected chi connectivity index (χ4v) is 1.28. The quantitative estimate of drug-likeness (QED) is 0.791. The van der Waals surface area contributed by atoms with Gasteiger partial charge in [0.05, 0.1) is 24.5 Å². The van der Waals surface area contributed by atoms with Gasteiger partial charge < -0.3 is 10.0 Å². The van der Waals surface area contributed by atoms with Crippen molar-refractivity contribution in [3.8, 4) is 0 Å². The number of hydrogen-bond acceptors (Lipinski definition) is 4. The molecule has 1 aromatic rings. The number of hydrogen-bond donors (Lipinski definition) is 1. The van der Waals surface area contributed by atoms with Gasteiger partial charge in [0.15, 0.2) is 0 Å². The molecule has 1 aromatic heterocycles. The van der Waals surface area contributed by atoms with Crippen molar-refractivity contribution in [1.82, 2.24) is 9.78 Å². The summed E-state index contributed by atoms with van der Waals surface area (Å²) in [7, 11) is 1.90. The Balaban J connectivity index is 2.87. The van der Waals surface area contributed by atoms with Crippen molar-refractivity contribution in [2.75, 3.05) is 18.5 Å². The number of nitrogens with zero attached hydrogens (tertiary/aromatic N) is 3. The predicted octanol–water partition coefficient (Wildman–Crippen LogP) is 0.470. The summed E-state index contributed by atoms with van der Waals surface area (Å²) in [5.74, 6) is 0. The van der Waals surface area contributed by atoms with Crippen LogP contribution in [0.4, 0.5) is 5.69 Å². The Kier molecular flexibility index (Phi) is 4.49. The Labute approximate surface area is 95.3 Å². The van der Waals surface area contributed by atoms with E-state index in [1.807, 2.05) is 25.8 Å². The molecule has 0 aliphatic carbocycles. The smallest absolute Gasteiger partial charge is 0.268 e. The van der Waals surface area contributed by atoms with Gasteiger partial charge in [-0.1, -0.05) is 6.92 Å². The number of anilines is 1. The van der Waals surface area contributed by atoms with Gasteiger partial charge in [0.1, 0.15) is 0 Å². The summed E-state index contributed by atoms with van der Waals surface area (Å²) in [6, 6.07) is 1.54. The van der Waals surface area contributed by atoms with E-state index in [0.29, 0.717) is 6.42 Å². The first-order chi connectivity index (χ1) is 7.58. The molecule has 0 amide bonds. The molecule has 1 N–H and O–H groups in total. The van der Waals surface area contributed by atoms with Crippen LogP contribution in [0.3, 0.4) is 0 Å². The molecule has 5 heteroatoms. The number of aliphatic hydroxyl groups is 1. The Morgan fingerprint density at radius 3 is 2.75 bits per heavy atom. The van der Waals surface area contributed by atoms with E-state index < -0.39 is 6.10 Å². The first-order valence-corrected chi connectivity index (χ1v) is 5.54. The molecule has 0 aliphatic rings. The lowest BCUT2D eigenvalue weighted by Crippen LogP contribution is -2.29. The number of aliphatic hydroxyl groups excluding tert-OH is 1. The van der Waals surface area contributed by atoms with E-state index in [2.05, 4.69) is 5.10 Å². The van der Waals surface area contributed by atoms with Gasteiger partial charge in [-0.15, -0.1) is 0 Å². The maximum atomic E-state index is 11.7. The summed E-state index contributed by atoms with van der Waals surface area (Å²) in [6.45, 7) is 4.95. The average molecular weight is 225 g/mol. The van der Waals surface area contributed by atoms with Gasteiger partial charge in [0.2, 0.25) is 0 Å². The van der Waals surface area contributed by atoms with E-state index in [0.717, 1.165) is 12.2 Å². The molecule has 1 atom stereocenters. The molecule has 0 bridgehead atoms. The molecule has 1 heterocycles. The van der Waals surface area contributed by atoms with E-state index in [-0.39, 0.29) is 12.1 Å². The Bertz CT molecular complexity index is 389. The van der Waals surface area contributed by atoms with Crippen LogP contribution in [0.2, 0.25) is 0 Å². The second-order valence-electron chi connectivity index (χ2n) is 3.81. The second-order valence-corrected chi connectivity index (χ2v) is 3.81. The van der Waals surface area contributed by atoms with Gasteiger partial charge in [-0.25, -0.2) is 4.68 Å². The van der Waals surface area contributed by atoms with Crippen molar-refractivity contribution >= 4 is 5.69 Å². The van der Waals surface area contributed by atoms with E-state index in [1.165, 1.54) is 4.68 Å². The molecule has 0 radical (unpaired) electrons. The monoisotopic (exact) mass is 225 g/mol. The fraction of sp³-hybridized carbons (Fsp3) is 0.636. The van der Waals surface area contributed by atoms with Crippen molar-refractivity contribution in [3.05, 3.63) is 22.6 Å². The molecule has 0 spiro atoms. The van der Waals surface area contributed by atoms with Gasteiger partial charge in [0.25, 0.3) is 5.56 Å². The Morgan fingerprint density at radius 2 is 2.25 bits per heavy atom. The summed E-state index contributed by atoms with van der Waals surface area (Å²) < 4.78 is 1.29. The highest BCUT2D eigenvalue weighted by molar-refractivity contribution is 5.41. The van der Waals surface area contributed by atoms with Crippen molar-refractivity contribution < 1.29 is 5.11 Å². The van der Waals surface area contributed by atoms with E-state index in [1.54, 1.807) is 12.3 Å². The SMILES string of the molecule is CCC(O)Cn1ncc(N(C)CC)cc1=O. The molecule has 0 aliphatic heterocycles. The zero-order valence-corrected chi connectivity index (χ0v) is 10.1. The molecular formula is C11H19N3O2. The fourth-order valence-electron chi connectivity index (χ4n) is 1.28. The molecule has 1 unspecified atom stereocenters. The maximum absolute atomic E-state index is 11.7. The first kappa shape index (κ1) is 12.7. The predicted molar refractivity (Wildman–Crippen MR) is 63.7 cm³/mol. The van der Waals surface area contributed by atoms with Crippen molar-refractivity contribution in [2.45, 2.75) is 32.9 Å². The van der Waals surface area contributed by atoms with E-state index >= 15 is 0 Å². The van der Waals surface area contributed by atoms with Crippen LogP contribution in [0.15, 0.2) is 17.1 Å². The van der Waals surface area contributed by atoms with Crippen LogP contribution in [0.5, 0.6) is 0 Å². The topological polar surface area (TPSA) is 58.4 Å². The summed E-state index contributed by atoms with van der Waals surface area (Å²) in [6.07, 6.45) is 1.75. The molecule has 90 valence electrons. The molecule has 0 aromatic carbocycles. The third-order valence-electron chi connectivity index (χ3n) is 2.63. The summed E-state index contributed by atoms with van der Waals surface area (Å²) >= 11 is 0. The van der Waals surface area contributed by atoms with Gasteiger partial charge in [-0.05, 0) is 13.3 Å². The zero-order chi connectivity index (χ0) is 12.1. The summed E-state index contributed by atoms with van der Waals surface area (Å²) in [5.41, 5.74) is 0.625. The van der Waals surface area contributed by atoms with Crippen molar-refractivity contribution in [2.24, 2.45) is 0 Å². The molecule has 0 saturated carbocycles. The highest BCUT2D eigenvalue weighted by Gasteiger charge is 2.06. The summed E-state index contributed by atoms with van der Waals surface area (Å²) in [4.78, 5) is 13.6. The van der Waals surface area contributed by atoms with Gasteiger partial charge >= 0.3 is 0 Å². The molecule has 1 rings (SSSR count). The van der Waals surface area contributed by atoms with Crippen LogP contribution in [0.25, 0.3) is 0 Å². The Hall–Kier alpha value is -1.36. The Morgan fingerprint density at radius 1 is 1.56 bits per heavy atom. The van der Waals surface area contributed by atoms with E-state index in [4.69, 9.17) is 0 Å². The third kappa shape index (κ3) is 3.06. The molecule has 0 fully saturated rings. The molecule has 16 heavy (non-hydrogen) atoms. The molecule has 0 saturated heterocycles. The lowest BCUT2D eigenvalue weighted by atomic mass is 10.3. The van der Waals surface area contributed by atoms with Crippen LogP contribution in [-0.4, -0.2) is 34.6 Å². The highest BCUT2D eigenvalue weighted by Crippen LogP contribution is 2.05. The van der Waals surface area contributed by atoms with Crippen LogP contribution >= 0.6 is 0 Å². The second kappa shape index (κ2) is 5.65. The van der Waals surface area contributed by atoms with E-state index in [9.17, 15) is 9.90 Å². The molecular weight excluding hydrogens is 206 g/mol.